The van der Waals surface area contributed by atoms with Crippen LogP contribution in [0, 0.1) is 0 Å². The average Bonchev–Trinajstić information content (AvgIpc) is 2.58. The number of aliphatic hydroxyl groups is 2. The number of carbonyl (C=O) groups excluding carboxylic acids is 2. The van der Waals surface area contributed by atoms with Crippen molar-refractivity contribution in [2.75, 3.05) is 26.1 Å². The van der Waals surface area contributed by atoms with E-state index in [1.54, 1.807) is 12.2 Å². The van der Waals surface area contributed by atoms with Gasteiger partial charge in [0.15, 0.2) is 6.04 Å². The first-order valence-corrected chi connectivity index (χ1v) is 8.00. The fourth-order valence-corrected chi connectivity index (χ4v) is 1.76. The maximum absolute atomic E-state index is 12.0. The quantitative estimate of drug-likeness (QED) is 0.132. The Morgan fingerprint density at radius 2 is 2.04 bits per heavy atom. The predicted molar refractivity (Wildman–Crippen MR) is 92.3 cm³/mol. The predicted octanol–water partition coefficient (Wildman–Crippen LogP) is -0.879. The smallest absolute Gasteiger partial charge is 0.330 e. The fourth-order valence-electron chi connectivity index (χ4n) is 1.61. The molecule has 0 saturated heterocycles. The second-order valence-electron chi connectivity index (χ2n) is 4.88. The Balaban J connectivity index is 4.81. The summed E-state index contributed by atoms with van der Waals surface area (Å²) in [5, 5.41) is 20.5. The number of allylic oxidation sites excluding steroid dienone is 1. The lowest BCUT2D eigenvalue weighted by molar-refractivity contribution is -0.146. The molecule has 138 valence electrons. The summed E-state index contributed by atoms with van der Waals surface area (Å²) in [6.45, 7) is 2.70. The fraction of sp³-hybridized carbons (Fsp3) is 0.600. The molecule has 0 spiro atoms. The van der Waals surface area contributed by atoms with E-state index in [1.165, 1.54) is 0 Å². The number of thiol groups is 1. The third-order valence-corrected chi connectivity index (χ3v) is 3.21. The van der Waals surface area contributed by atoms with Gasteiger partial charge in [-0.05, 0) is 18.2 Å². The summed E-state index contributed by atoms with van der Waals surface area (Å²) in [6.07, 6.45) is 3.29. The molecular weight excluding hydrogens is 336 g/mol. The van der Waals surface area contributed by atoms with E-state index in [1.807, 2.05) is 0 Å². The van der Waals surface area contributed by atoms with Crippen molar-refractivity contribution in [2.45, 2.75) is 31.0 Å². The summed E-state index contributed by atoms with van der Waals surface area (Å²) in [5.41, 5.74) is 5.60. The van der Waals surface area contributed by atoms with Gasteiger partial charge in [-0.1, -0.05) is 12.7 Å². The molecule has 0 fully saturated rings. The highest BCUT2D eigenvalue weighted by Crippen LogP contribution is 2.10. The number of rotatable bonds is 12. The van der Waals surface area contributed by atoms with Gasteiger partial charge in [0.2, 0.25) is 5.91 Å². The molecule has 5 N–H and O–H groups in total. The summed E-state index contributed by atoms with van der Waals surface area (Å²) >= 11 is 4.08. The molecule has 0 aromatic rings. The zero-order valence-electron chi connectivity index (χ0n) is 13.7. The van der Waals surface area contributed by atoms with Crippen molar-refractivity contribution in [1.82, 2.24) is 5.32 Å². The summed E-state index contributed by atoms with van der Waals surface area (Å²) in [4.78, 5) is 23.4. The number of ether oxygens (including phenoxy) is 2. The van der Waals surface area contributed by atoms with E-state index >= 15 is 0 Å². The number of hydrogen-bond donors (Lipinski definition) is 5. The molecule has 0 aliphatic rings. The zero-order chi connectivity index (χ0) is 18.5. The van der Waals surface area contributed by atoms with E-state index in [9.17, 15) is 9.59 Å². The van der Waals surface area contributed by atoms with Crippen molar-refractivity contribution in [2.24, 2.45) is 5.73 Å². The Morgan fingerprint density at radius 3 is 2.54 bits per heavy atom. The number of hydrogen-bond acceptors (Lipinski definition) is 8. The molecule has 24 heavy (non-hydrogen) atoms. The molecule has 0 heterocycles. The third-order valence-electron chi connectivity index (χ3n) is 2.95. The van der Waals surface area contributed by atoms with Gasteiger partial charge < -0.3 is 30.7 Å². The maximum Gasteiger partial charge on any atom is 0.330 e. The highest BCUT2D eigenvalue weighted by molar-refractivity contribution is 7.80. The van der Waals surface area contributed by atoms with Crippen LogP contribution in [0.4, 0.5) is 0 Å². The molecule has 1 amide bonds. The number of nitrogens with one attached hydrogen (secondary N) is 1. The Kier molecular flexibility index (Phi) is 12.0. The van der Waals surface area contributed by atoms with Crippen LogP contribution in [-0.4, -0.2) is 66.4 Å². The second-order valence-corrected chi connectivity index (χ2v) is 5.33. The van der Waals surface area contributed by atoms with Crippen LogP contribution in [0.2, 0.25) is 0 Å². The molecule has 2 unspecified atom stereocenters. The van der Waals surface area contributed by atoms with Gasteiger partial charge in [-0.2, -0.15) is 12.6 Å². The largest absolute Gasteiger partial charge is 0.489 e. The Bertz CT molecular complexity index is 444. The van der Waals surface area contributed by atoms with Gasteiger partial charge in [-0.15, -0.1) is 0 Å². The molecule has 0 bridgehead atoms. The molecule has 0 aromatic heterocycles. The van der Waals surface area contributed by atoms with E-state index in [0.717, 1.165) is 7.11 Å². The molecule has 9 heteroatoms. The number of carbonyl (C=O) groups is 2. The Morgan fingerprint density at radius 1 is 1.38 bits per heavy atom. The van der Waals surface area contributed by atoms with Crippen molar-refractivity contribution in [3.8, 4) is 0 Å². The molecule has 0 aromatic carbocycles. The topological polar surface area (TPSA) is 131 Å². The average molecular weight is 362 g/mol. The van der Waals surface area contributed by atoms with Crippen molar-refractivity contribution in [1.29, 1.82) is 0 Å². The molecule has 0 saturated carbocycles. The highest BCUT2D eigenvalue weighted by Gasteiger charge is 2.23. The summed E-state index contributed by atoms with van der Waals surface area (Å²) < 4.78 is 9.96. The molecule has 0 aliphatic carbocycles. The van der Waals surface area contributed by atoms with E-state index in [2.05, 4.69) is 29.3 Å². The van der Waals surface area contributed by atoms with E-state index in [4.69, 9.17) is 20.7 Å². The second kappa shape index (κ2) is 12.8. The lowest BCUT2D eigenvalue weighted by Gasteiger charge is -2.21. The van der Waals surface area contributed by atoms with E-state index < -0.39 is 36.7 Å². The number of esters is 1. The number of aliphatic hydroxyl groups excluding tert-OH is 2. The Labute approximate surface area is 147 Å². The van der Waals surface area contributed by atoms with Gasteiger partial charge in [0.05, 0.1) is 32.8 Å². The van der Waals surface area contributed by atoms with Crippen LogP contribution < -0.4 is 11.1 Å². The summed E-state index contributed by atoms with van der Waals surface area (Å²) in [5.74, 6) is -0.509. The van der Waals surface area contributed by atoms with Crippen molar-refractivity contribution >= 4 is 24.5 Å². The minimum atomic E-state index is -1.15. The lowest BCUT2D eigenvalue weighted by atomic mass is 10.2. The normalized spacial score (nSPS) is 14.7. The standard InChI is InChI=1S/C15H26N2O6S/c1-10(12(16)8-18)23-11(5-3-4-6-24)7-14(20)17-13(9-19)15(21)22-2/h3,5,11-13,18-19,24H,1,4,6-9,16H2,2H3,(H,17,20)/b5-3+/t11?,12?,13-/m1/s1. The van der Waals surface area contributed by atoms with Crippen LogP contribution in [0.25, 0.3) is 0 Å². The van der Waals surface area contributed by atoms with E-state index in [0.29, 0.717) is 12.2 Å². The van der Waals surface area contributed by atoms with Crippen LogP contribution >= 0.6 is 12.6 Å². The number of nitrogens with two attached hydrogens (primary N) is 1. The Hall–Kier alpha value is -1.55. The van der Waals surface area contributed by atoms with Gasteiger partial charge in [0.1, 0.15) is 11.9 Å². The SMILES string of the molecule is C=C(OC(/C=C/CCS)CC(=O)N[C@H](CO)C(=O)OC)C(N)CO. The zero-order valence-corrected chi connectivity index (χ0v) is 14.6. The van der Waals surface area contributed by atoms with Crippen LogP contribution in [0.1, 0.15) is 12.8 Å². The highest BCUT2D eigenvalue weighted by atomic mass is 32.1. The van der Waals surface area contributed by atoms with Crippen LogP contribution in [-0.2, 0) is 19.1 Å². The number of amides is 1. The molecule has 0 radical (unpaired) electrons. The van der Waals surface area contributed by atoms with Crippen LogP contribution in [0.5, 0.6) is 0 Å². The first-order chi connectivity index (χ1) is 11.4. The molecule has 0 aliphatic heterocycles. The van der Waals surface area contributed by atoms with Gasteiger partial charge in [0, 0.05) is 0 Å². The summed E-state index contributed by atoms with van der Waals surface area (Å²) in [7, 11) is 1.16. The summed E-state index contributed by atoms with van der Waals surface area (Å²) in [6, 6.07) is -1.92. The van der Waals surface area contributed by atoms with Gasteiger partial charge in [-0.3, -0.25) is 4.79 Å². The monoisotopic (exact) mass is 362 g/mol. The van der Waals surface area contributed by atoms with Gasteiger partial charge in [-0.25, -0.2) is 4.79 Å². The van der Waals surface area contributed by atoms with Gasteiger partial charge in [0.25, 0.3) is 0 Å². The maximum atomic E-state index is 12.0. The molecule has 8 nitrogen and oxygen atoms in total. The van der Waals surface area contributed by atoms with E-state index in [-0.39, 0.29) is 18.8 Å². The molecular formula is C15H26N2O6S. The first-order valence-electron chi connectivity index (χ1n) is 7.37. The van der Waals surface area contributed by atoms with Crippen LogP contribution in [0.3, 0.4) is 0 Å². The first kappa shape index (κ1) is 22.4. The third kappa shape index (κ3) is 8.92. The molecule has 0 rings (SSSR count). The minimum absolute atomic E-state index is 0.131. The van der Waals surface area contributed by atoms with Crippen molar-refractivity contribution < 1.29 is 29.3 Å². The number of methoxy groups -OCH3 is 1. The van der Waals surface area contributed by atoms with Crippen molar-refractivity contribution in [3.05, 3.63) is 24.5 Å². The minimum Gasteiger partial charge on any atom is -0.489 e. The van der Waals surface area contributed by atoms with Crippen LogP contribution in [0.15, 0.2) is 24.5 Å². The molecule has 3 atom stereocenters. The van der Waals surface area contributed by atoms with Gasteiger partial charge >= 0.3 is 5.97 Å². The van der Waals surface area contributed by atoms with Crippen molar-refractivity contribution in [3.63, 3.8) is 0 Å². The lowest BCUT2D eigenvalue weighted by Crippen LogP contribution is -2.45.